The van der Waals surface area contributed by atoms with Crippen LogP contribution in [0, 0.1) is 5.92 Å². The van der Waals surface area contributed by atoms with Crippen molar-refractivity contribution in [2.45, 2.75) is 25.8 Å². The van der Waals surface area contributed by atoms with Crippen LogP contribution in [0.3, 0.4) is 0 Å². The van der Waals surface area contributed by atoms with Gasteiger partial charge >= 0.3 is 6.03 Å². The van der Waals surface area contributed by atoms with Crippen molar-refractivity contribution < 1.29 is 4.79 Å². The molecule has 0 saturated carbocycles. The Morgan fingerprint density at radius 3 is 2.58 bits per heavy atom. The monoisotopic (exact) mass is 365 g/mol. The number of benzene rings is 2. The van der Waals surface area contributed by atoms with Gasteiger partial charge in [-0.25, -0.2) is 9.78 Å². The van der Waals surface area contributed by atoms with Crippen LogP contribution in [0.15, 0.2) is 54.6 Å². The molecule has 2 aromatic carbocycles. The Kier molecular flexibility index (Phi) is 5.16. The zero-order chi connectivity index (χ0) is 17.8. The van der Waals surface area contributed by atoms with Crippen LogP contribution >= 0.6 is 11.3 Å². The fraction of sp³-hybridized carbons (Fsp3) is 0.333. The van der Waals surface area contributed by atoms with E-state index in [2.05, 4.69) is 46.7 Å². The lowest BCUT2D eigenvalue weighted by Crippen LogP contribution is -2.44. The zero-order valence-electron chi connectivity index (χ0n) is 14.7. The minimum atomic E-state index is 0.0300. The largest absolute Gasteiger partial charge is 0.331 e. The molecule has 1 fully saturated rings. The van der Waals surface area contributed by atoms with E-state index in [0.29, 0.717) is 12.5 Å². The molecule has 5 heteroatoms. The number of rotatable bonds is 4. The normalized spacial score (nSPS) is 15.3. The van der Waals surface area contributed by atoms with Gasteiger partial charge in [-0.05, 0) is 42.9 Å². The maximum Gasteiger partial charge on any atom is 0.317 e. The average molecular weight is 366 g/mol. The quantitative estimate of drug-likeness (QED) is 0.742. The molecular formula is C21H23N3OS. The lowest BCUT2D eigenvalue weighted by molar-refractivity contribution is 0.170. The number of aromatic nitrogens is 1. The Morgan fingerprint density at radius 2 is 1.81 bits per heavy atom. The van der Waals surface area contributed by atoms with Gasteiger partial charge in [0.1, 0.15) is 5.01 Å². The molecule has 1 aromatic heterocycles. The molecule has 134 valence electrons. The Morgan fingerprint density at radius 1 is 1.08 bits per heavy atom. The summed E-state index contributed by atoms with van der Waals surface area (Å²) in [7, 11) is 0. The topological polar surface area (TPSA) is 45.2 Å². The maximum absolute atomic E-state index is 12.4. The number of hydrogen-bond acceptors (Lipinski definition) is 3. The molecule has 1 aliphatic rings. The summed E-state index contributed by atoms with van der Waals surface area (Å²) >= 11 is 1.64. The number of thiazole rings is 1. The molecule has 0 unspecified atom stereocenters. The van der Waals surface area contributed by atoms with Gasteiger partial charge in [0.2, 0.25) is 0 Å². The van der Waals surface area contributed by atoms with Crippen LogP contribution in [-0.4, -0.2) is 29.0 Å². The summed E-state index contributed by atoms with van der Waals surface area (Å²) in [6.07, 6.45) is 3.26. The molecule has 0 radical (unpaired) electrons. The number of likely N-dealkylation sites (tertiary alicyclic amines) is 1. The number of nitrogens with zero attached hydrogens (tertiary/aromatic N) is 2. The lowest BCUT2D eigenvalue weighted by atomic mass is 9.90. The molecule has 26 heavy (non-hydrogen) atoms. The van der Waals surface area contributed by atoms with Crippen molar-refractivity contribution in [2.75, 3.05) is 13.1 Å². The summed E-state index contributed by atoms with van der Waals surface area (Å²) < 4.78 is 1.17. The smallest absolute Gasteiger partial charge is 0.317 e. The van der Waals surface area contributed by atoms with Crippen molar-refractivity contribution in [1.29, 1.82) is 0 Å². The summed E-state index contributed by atoms with van der Waals surface area (Å²) in [5, 5.41) is 3.99. The summed E-state index contributed by atoms with van der Waals surface area (Å²) in [5.41, 5.74) is 2.40. The summed E-state index contributed by atoms with van der Waals surface area (Å²) in [5.74, 6) is 0.672. The number of nitrogens with one attached hydrogen (secondary N) is 1. The van der Waals surface area contributed by atoms with Crippen molar-refractivity contribution in [1.82, 2.24) is 15.2 Å². The molecule has 2 heterocycles. The second-order valence-electron chi connectivity index (χ2n) is 6.85. The Labute approximate surface area is 157 Å². The highest BCUT2D eigenvalue weighted by Gasteiger charge is 2.22. The molecule has 0 spiro atoms. The minimum absolute atomic E-state index is 0.0300. The first-order chi connectivity index (χ1) is 12.8. The van der Waals surface area contributed by atoms with Gasteiger partial charge in [0.05, 0.1) is 16.8 Å². The number of hydrogen-bond donors (Lipinski definition) is 1. The van der Waals surface area contributed by atoms with Crippen LogP contribution in [0.25, 0.3) is 10.2 Å². The fourth-order valence-electron chi connectivity index (χ4n) is 3.55. The average Bonchev–Trinajstić information content (AvgIpc) is 3.10. The molecule has 4 rings (SSSR count). The number of urea groups is 1. The third kappa shape index (κ3) is 4.05. The van der Waals surface area contributed by atoms with Crippen molar-refractivity contribution in [3.8, 4) is 0 Å². The third-order valence-electron chi connectivity index (χ3n) is 5.00. The third-order valence-corrected chi connectivity index (χ3v) is 6.03. The van der Waals surface area contributed by atoms with Gasteiger partial charge in [0, 0.05) is 13.1 Å². The van der Waals surface area contributed by atoms with Crippen LogP contribution in [0.2, 0.25) is 0 Å². The summed E-state index contributed by atoms with van der Waals surface area (Å²) in [4.78, 5) is 19.0. The molecule has 1 saturated heterocycles. The number of amides is 2. The van der Waals surface area contributed by atoms with Crippen LogP contribution in [-0.2, 0) is 13.0 Å². The molecule has 0 atom stereocenters. The Bertz CT molecular complexity index is 836. The van der Waals surface area contributed by atoms with Gasteiger partial charge in [-0.3, -0.25) is 0 Å². The Balaban J connectivity index is 1.25. The summed E-state index contributed by atoms with van der Waals surface area (Å²) in [6, 6.07) is 18.7. The van der Waals surface area contributed by atoms with Gasteiger partial charge in [0.15, 0.2) is 0 Å². The van der Waals surface area contributed by atoms with E-state index < -0.39 is 0 Å². The van der Waals surface area contributed by atoms with E-state index in [9.17, 15) is 4.79 Å². The van der Waals surface area contributed by atoms with E-state index in [1.54, 1.807) is 11.3 Å². The highest BCUT2D eigenvalue weighted by molar-refractivity contribution is 7.18. The van der Waals surface area contributed by atoms with E-state index in [0.717, 1.165) is 42.9 Å². The number of carbonyl (C=O) groups excluding carboxylic acids is 1. The fourth-order valence-corrected chi connectivity index (χ4v) is 4.45. The van der Waals surface area contributed by atoms with Gasteiger partial charge in [-0.15, -0.1) is 11.3 Å². The van der Waals surface area contributed by atoms with E-state index in [1.807, 2.05) is 23.1 Å². The predicted octanol–water partition coefficient (Wildman–Crippen LogP) is 4.46. The highest BCUT2D eigenvalue weighted by atomic mass is 32.1. The second-order valence-corrected chi connectivity index (χ2v) is 7.97. The first-order valence-corrected chi connectivity index (χ1v) is 10.0. The van der Waals surface area contributed by atoms with Crippen molar-refractivity contribution in [3.63, 3.8) is 0 Å². The van der Waals surface area contributed by atoms with Crippen LogP contribution in [0.4, 0.5) is 4.79 Å². The van der Waals surface area contributed by atoms with E-state index >= 15 is 0 Å². The number of piperidine rings is 1. The molecule has 0 aliphatic carbocycles. The molecule has 1 N–H and O–H groups in total. The van der Waals surface area contributed by atoms with Crippen molar-refractivity contribution >= 4 is 27.6 Å². The lowest BCUT2D eigenvalue weighted by Gasteiger charge is -2.32. The van der Waals surface area contributed by atoms with Crippen LogP contribution in [0.5, 0.6) is 0 Å². The molecule has 3 aromatic rings. The maximum atomic E-state index is 12.4. The van der Waals surface area contributed by atoms with Gasteiger partial charge in [0.25, 0.3) is 0 Å². The molecule has 4 nitrogen and oxygen atoms in total. The van der Waals surface area contributed by atoms with E-state index in [1.165, 1.54) is 10.3 Å². The molecule has 2 amide bonds. The first kappa shape index (κ1) is 17.0. The molecular weight excluding hydrogens is 342 g/mol. The standard InChI is InChI=1S/C21H23N3OS/c25-21(22-15-20-23-18-8-4-5-9-19(18)26-20)24-12-10-17(11-13-24)14-16-6-2-1-3-7-16/h1-9,17H,10-15H2,(H,22,25). The van der Waals surface area contributed by atoms with Gasteiger partial charge in [-0.2, -0.15) is 0 Å². The van der Waals surface area contributed by atoms with Crippen molar-refractivity contribution in [2.24, 2.45) is 5.92 Å². The van der Waals surface area contributed by atoms with Gasteiger partial charge in [-0.1, -0.05) is 42.5 Å². The van der Waals surface area contributed by atoms with E-state index in [4.69, 9.17) is 0 Å². The highest BCUT2D eigenvalue weighted by Crippen LogP contribution is 2.23. The Hall–Kier alpha value is -2.40. The number of fused-ring (bicyclic) bond motifs is 1. The zero-order valence-corrected chi connectivity index (χ0v) is 15.5. The predicted molar refractivity (Wildman–Crippen MR) is 106 cm³/mol. The number of carbonyl (C=O) groups is 1. The van der Waals surface area contributed by atoms with E-state index in [-0.39, 0.29) is 6.03 Å². The van der Waals surface area contributed by atoms with Crippen molar-refractivity contribution in [3.05, 3.63) is 65.2 Å². The van der Waals surface area contributed by atoms with Crippen LogP contribution < -0.4 is 5.32 Å². The van der Waals surface area contributed by atoms with Crippen LogP contribution in [0.1, 0.15) is 23.4 Å². The second kappa shape index (κ2) is 7.87. The molecule has 0 bridgehead atoms. The minimum Gasteiger partial charge on any atom is -0.331 e. The molecule has 1 aliphatic heterocycles. The first-order valence-electron chi connectivity index (χ1n) is 9.19. The number of para-hydroxylation sites is 1. The SMILES string of the molecule is O=C(NCc1nc2ccccc2s1)N1CCC(Cc2ccccc2)CC1. The summed E-state index contributed by atoms with van der Waals surface area (Å²) in [6.45, 7) is 2.18. The van der Waals surface area contributed by atoms with Gasteiger partial charge < -0.3 is 10.2 Å².